The van der Waals surface area contributed by atoms with Gasteiger partial charge >= 0.3 is 5.97 Å². The van der Waals surface area contributed by atoms with Gasteiger partial charge in [-0.2, -0.15) is 0 Å². The molecular formula is C16H16N4O3S3. The Labute approximate surface area is 162 Å². The first kappa shape index (κ1) is 18.6. The number of nitrogens with zero attached hydrogens (tertiary/aromatic N) is 3. The molecule has 7 nitrogen and oxygen atoms in total. The second kappa shape index (κ2) is 8.02. The number of ether oxygens (including phenoxy) is 1. The standard InChI is InChI=1S/C16H16N4O3S3/c1-9-6-10(7-25-9)13-18-19-16(20(13)2)26-8-12(21)17-14-11(4-5-24-14)15(22)23-3/h4-7H,8H2,1-3H3,(H,17,21). The van der Waals surface area contributed by atoms with Gasteiger partial charge in [-0.05, 0) is 24.4 Å². The van der Waals surface area contributed by atoms with Gasteiger partial charge in [0.1, 0.15) is 5.00 Å². The molecule has 0 saturated heterocycles. The highest BCUT2D eigenvalue weighted by molar-refractivity contribution is 7.99. The zero-order valence-corrected chi connectivity index (χ0v) is 16.8. The van der Waals surface area contributed by atoms with Crippen LogP contribution in [0.3, 0.4) is 0 Å². The number of hydrogen-bond donors (Lipinski definition) is 1. The van der Waals surface area contributed by atoms with Crippen LogP contribution in [0.2, 0.25) is 0 Å². The first-order valence-electron chi connectivity index (χ1n) is 7.53. The predicted molar refractivity (Wildman–Crippen MR) is 104 cm³/mol. The molecule has 0 radical (unpaired) electrons. The van der Waals surface area contributed by atoms with Gasteiger partial charge in [0, 0.05) is 22.9 Å². The summed E-state index contributed by atoms with van der Waals surface area (Å²) in [7, 11) is 3.18. The maximum Gasteiger partial charge on any atom is 0.340 e. The van der Waals surface area contributed by atoms with E-state index in [1.807, 2.05) is 23.9 Å². The number of aromatic nitrogens is 3. The fraction of sp³-hybridized carbons (Fsp3) is 0.250. The summed E-state index contributed by atoms with van der Waals surface area (Å²) in [6, 6.07) is 3.68. The topological polar surface area (TPSA) is 86.1 Å². The van der Waals surface area contributed by atoms with Gasteiger partial charge in [-0.3, -0.25) is 4.79 Å². The predicted octanol–water partition coefficient (Wildman–Crippen LogP) is 3.43. The summed E-state index contributed by atoms with van der Waals surface area (Å²) in [4.78, 5) is 25.1. The Morgan fingerprint density at radius 2 is 2.15 bits per heavy atom. The summed E-state index contributed by atoms with van der Waals surface area (Å²) in [6.45, 7) is 2.04. The second-order valence-corrected chi connectivity index (χ2v) is 8.28. The molecule has 0 aliphatic rings. The number of hydrogen-bond acceptors (Lipinski definition) is 8. The van der Waals surface area contributed by atoms with E-state index in [0.29, 0.717) is 15.7 Å². The van der Waals surface area contributed by atoms with Crippen molar-refractivity contribution in [3.63, 3.8) is 0 Å². The number of thioether (sulfide) groups is 1. The van der Waals surface area contributed by atoms with Crippen LogP contribution in [0.4, 0.5) is 5.00 Å². The smallest absolute Gasteiger partial charge is 0.340 e. The summed E-state index contributed by atoms with van der Waals surface area (Å²) in [5, 5.41) is 16.0. The maximum atomic E-state index is 12.2. The Morgan fingerprint density at radius 1 is 1.35 bits per heavy atom. The van der Waals surface area contributed by atoms with E-state index in [1.165, 1.54) is 35.1 Å². The van der Waals surface area contributed by atoms with Gasteiger partial charge in [0.15, 0.2) is 11.0 Å². The van der Waals surface area contributed by atoms with Crippen LogP contribution < -0.4 is 5.32 Å². The van der Waals surface area contributed by atoms with Crippen LogP contribution in [0, 0.1) is 6.92 Å². The lowest BCUT2D eigenvalue weighted by atomic mass is 10.3. The molecule has 0 aliphatic heterocycles. The molecular weight excluding hydrogens is 392 g/mol. The molecule has 0 saturated carbocycles. The first-order valence-corrected chi connectivity index (χ1v) is 10.3. The molecule has 0 atom stereocenters. The van der Waals surface area contributed by atoms with E-state index in [2.05, 4.69) is 21.6 Å². The average molecular weight is 409 g/mol. The van der Waals surface area contributed by atoms with Crippen molar-refractivity contribution in [2.24, 2.45) is 7.05 Å². The van der Waals surface area contributed by atoms with E-state index in [0.717, 1.165) is 11.4 Å². The van der Waals surface area contributed by atoms with Crippen LogP contribution in [0.25, 0.3) is 11.4 Å². The zero-order valence-electron chi connectivity index (χ0n) is 14.3. The van der Waals surface area contributed by atoms with E-state index in [1.54, 1.807) is 22.8 Å². The molecule has 3 heterocycles. The lowest BCUT2D eigenvalue weighted by Gasteiger charge is -2.05. The summed E-state index contributed by atoms with van der Waals surface area (Å²) in [5.74, 6) is 0.230. The van der Waals surface area contributed by atoms with E-state index in [4.69, 9.17) is 4.74 Å². The fourth-order valence-corrected chi connectivity index (χ4v) is 4.41. The highest BCUT2D eigenvalue weighted by Crippen LogP contribution is 2.27. The Morgan fingerprint density at radius 3 is 2.85 bits per heavy atom. The van der Waals surface area contributed by atoms with Crippen molar-refractivity contribution < 1.29 is 14.3 Å². The molecule has 0 bridgehead atoms. The molecule has 1 amide bonds. The van der Waals surface area contributed by atoms with E-state index >= 15 is 0 Å². The molecule has 10 heteroatoms. The Kier molecular flexibility index (Phi) is 5.74. The van der Waals surface area contributed by atoms with Crippen LogP contribution in [0.5, 0.6) is 0 Å². The van der Waals surface area contributed by atoms with Crippen LogP contribution in [-0.2, 0) is 16.6 Å². The van der Waals surface area contributed by atoms with E-state index in [-0.39, 0.29) is 11.7 Å². The number of amides is 1. The third kappa shape index (κ3) is 3.97. The number of carbonyl (C=O) groups is 2. The van der Waals surface area contributed by atoms with Crippen molar-refractivity contribution in [3.8, 4) is 11.4 Å². The molecule has 1 N–H and O–H groups in total. The molecule has 26 heavy (non-hydrogen) atoms. The van der Waals surface area contributed by atoms with Crippen molar-refractivity contribution in [2.75, 3.05) is 18.2 Å². The van der Waals surface area contributed by atoms with Crippen molar-refractivity contribution in [1.29, 1.82) is 0 Å². The van der Waals surface area contributed by atoms with Crippen LogP contribution >= 0.6 is 34.4 Å². The summed E-state index contributed by atoms with van der Waals surface area (Å²) >= 11 is 4.22. The molecule has 0 aliphatic carbocycles. The molecule has 0 fully saturated rings. The number of nitrogens with one attached hydrogen (secondary N) is 1. The first-order chi connectivity index (χ1) is 12.5. The Hall–Kier alpha value is -2.17. The third-order valence-electron chi connectivity index (χ3n) is 3.48. The van der Waals surface area contributed by atoms with Gasteiger partial charge in [-0.25, -0.2) is 4.79 Å². The number of anilines is 1. The van der Waals surface area contributed by atoms with Crippen LogP contribution in [0.15, 0.2) is 28.0 Å². The minimum Gasteiger partial charge on any atom is -0.465 e. The van der Waals surface area contributed by atoms with Gasteiger partial charge in [0.25, 0.3) is 0 Å². The van der Waals surface area contributed by atoms with Gasteiger partial charge < -0.3 is 14.6 Å². The van der Waals surface area contributed by atoms with Crippen LogP contribution in [-0.4, -0.2) is 39.5 Å². The largest absolute Gasteiger partial charge is 0.465 e. The lowest BCUT2D eigenvalue weighted by molar-refractivity contribution is -0.113. The second-order valence-electron chi connectivity index (χ2n) is 5.30. The van der Waals surface area contributed by atoms with Crippen molar-refractivity contribution >= 4 is 51.3 Å². The minimum absolute atomic E-state index is 0.160. The molecule has 0 spiro atoms. The molecule has 3 rings (SSSR count). The Bertz CT molecular complexity index is 944. The van der Waals surface area contributed by atoms with E-state index < -0.39 is 5.97 Å². The average Bonchev–Trinajstić information content (AvgIpc) is 3.33. The molecule has 136 valence electrons. The van der Waals surface area contributed by atoms with Crippen molar-refractivity contribution in [2.45, 2.75) is 12.1 Å². The highest BCUT2D eigenvalue weighted by atomic mass is 32.2. The number of rotatable bonds is 6. The number of carbonyl (C=O) groups excluding carboxylic acids is 2. The van der Waals surface area contributed by atoms with Crippen molar-refractivity contribution in [3.05, 3.63) is 33.3 Å². The third-order valence-corrected chi connectivity index (χ3v) is 6.19. The molecule has 3 aromatic heterocycles. The fourth-order valence-electron chi connectivity index (χ4n) is 2.22. The maximum absolute atomic E-state index is 12.2. The zero-order chi connectivity index (χ0) is 18.7. The van der Waals surface area contributed by atoms with E-state index in [9.17, 15) is 9.59 Å². The number of methoxy groups -OCH3 is 1. The molecule has 3 aromatic rings. The monoisotopic (exact) mass is 408 g/mol. The van der Waals surface area contributed by atoms with Crippen molar-refractivity contribution in [1.82, 2.24) is 14.8 Å². The summed E-state index contributed by atoms with van der Waals surface area (Å²) in [6.07, 6.45) is 0. The minimum atomic E-state index is -0.474. The van der Waals surface area contributed by atoms with Gasteiger partial charge in [0.2, 0.25) is 5.91 Å². The van der Waals surface area contributed by atoms with Gasteiger partial charge in [-0.15, -0.1) is 32.9 Å². The van der Waals surface area contributed by atoms with Crippen LogP contribution in [0.1, 0.15) is 15.2 Å². The summed E-state index contributed by atoms with van der Waals surface area (Å²) < 4.78 is 6.56. The van der Waals surface area contributed by atoms with Gasteiger partial charge in [0.05, 0.1) is 18.4 Å². The quantitative estimate of drug-likeness (QED) is 0.497. The number of esters is 1. The molecule has 0 aromatic carbocycles. The lowest BCUT2D eigenvalue weighted by Crippen LogP contribution is -2.16. The normalized spacial score (nSPS) is 10.7. The summed E-state index contributed by atoms with van der Waals surface area (Å²) in [5.41, 5.74) is 1.37. The molecule has 0 unspecified atom stereocenters. The number of aryl methyl sites for hydroxylation is 1. The van der Waals surface area contributed by atoms with Gasteiger partial charge in [-0.1, -0.05) is 11.8 Å². The number of thiophene rings is 2. The SMILES string of the molecule is COC(=O)c1ccsc1NC(=O)CSc1nnc(-c2csc(C)c2)n1C. The highest BCUT2D eigenvalue weighted by Gasteiger charge is 2.17. The Balaban J connectivity index is 1.63.